The largest absolute Gasteiger partial charge is 0.325 e. The van der Waals surface area contributed by atoms with Gasteiger partial charge < -0.3 is 5.32 Å². The van der Waals surface area contributed by atoms with Crippen LogP contribution in [0, 0.1) is 27.7 Å². The van der Waals surface area contributed by atoms with Crippen LogP contribution < -0.4 is 10.9 Å². The Labute approximate surface area is 206 Å². The van der Waals surface area contributed by atoms with E-state index in [9.17, 15) is 9.59 Å². The number of carbonyl (C=O) groups excluding carboxylic acids is 1. The molecule has 3 aromatic carbocycles. The van der Waals surface area contributed by atoms with Crippen molar-refractivity contribution < 1.29 is 4.79 Å². The number of hydrogen-bond donors (Lipinski definition) is 1. The van der Waals surface area contributed by atoms with Crippen molar-refractivity contribution in [2.45, 2.75) is 32.9 Å². The fourth-order valence-electron chi connectivity index (χ4n) is 4.40. The average Bonchev–Trinajstić information content (AvgIpc) is 3.25. The highest BCUT2D eigenvalue weighted by Crippen LogP contribution is 2.26. The second-order valence-electron chi connectivity index (χ2n) is 8.67. The fourth-order valence-corrected chi connectivity index (χ4v) is 5.14. The minimum absolute atomic E-state index is 0.133. The molecule has 0 unspecified atom stereocenters. The summed E-state index contributed by atoms with van der Waals surface area (Å²) in [6.45, 7) is 7.95. The molecule has 2 aromatic heterocycles. The van der Waals surface area contributed by atoms with Crippen LogP contribution in [-0.4, -0.2) is 30.8 Å². The van der Waals surface area contributed by atoms with E-state index in [1.54, 1.807) is 4.57 Å². The lowest BCUT2D eigenvalue weighted by molar-refractivity contribution is -0.113. The number of amides is 1. The van der Waals surface area contributed by atoms with Crippen LogP contribution in [0.1, 0.15) is 22.3 Å². The monoisotopic (exact) mass is 483 g/mol. The molecule has 0 aliphatic heterocycles. The predicted octanol–water partition coefficient (Wildman–Crippen LogP) is 5.00. The number of nitrogens with one attached hydrogen (secondary N) is 1. The first-order valence-electron chi connectivity index (χ1n) is 11.3. The highest BCUT2D eigenvalue weighted by molar-refractivity contribution is 7.99. The molecule has 1 N–H and O–H groups in total. The summed E-state index contributed by atoms with van der Waals surface area (Å²) in [6, 6.07) is 19.3. The molecule has 2 heterocycles. The number of fused-ring (bicyclic) bond motifs is 3. The molecule has 0 radical (unpaired) electrons. The lowest BCUT2D eigenvalue weighted by atomic mass is 10.1. The fraction of sp³-hybridized carbons (Fsp3) is 0.185. The third-order valence-electron chi connectivity index (χ3n) is 6.05. The van der Waals surface area contributed by atoms with E-state index in [4.69, 9.17) is 0 Å². The average molecular weight is 484 g/mol. The van der Waals surface area contributed by atoms with Gasteiger partial charge in [0, 0.05) is 5.69 Å². The Morgan fingerprint density at radius 3 is 2.40 bits per heavy atom. The molecule has 1 amide bonds. The molecule has 0 spiro atoms. The number of rotatable bonds is 5. The zero-order valence-electron chi connectivity index (χ0n) is 20.0. The van der Waals surface area contributed by atoms with Crippen molar-refractivity contribution in [2.75, 3.05) is 11.1 Å². The van der Waals surface area contributed by atoms with E-state index in [1.807, 2.05) is 92.8 Å². The number of nitrogens with zero attached hydrogens (tertiary/aromatic N) is 4. The molecule has 0 aliphatic rings. The summed E-state index contributed by atoms with van der Waals surface area (Å²) in [7, 11) is 0. The second-order valence-corrected chi connectivity index (χ2v) is 9.61. The minimum Gasteiger partial charge on any atom is -0.325 e. The Morgan fingerprint density at radius 1 is 0.914 bits per heavy atom. The number of para-hydroxylation sites is 2. The van der Waals surface area contributed by atoms with Gasteiger partial charge in [-0.3, -0.25) is 14.0 Å². The van der Waals surface area contributed by atoms with Crippen molar-refractivity contribution in [1.82, 2.24) is 19.2 Å². The first-order chi connectivity index (χ1) is 16.8. The normalized spacial score (nSPS) is 11.3. The maximum atomic E-state index is 13.6. The van der Waals surface area contributed by atoms with E-state index in [1.165, 1.54) is 11.8 Å². The van der Waals surface area contributed by atoms with Crippen molar-refractivity contribution in [3.63, 3.8) is 0 Å². The Bertz CT molecular complexity index is 1650. The molecule has 5 aromatic rings. The van der Waals surface area contributed by atoms with Gasteiger partial charge in [-0.1, -0.05) is 59.8 Å². The number of hydrogen-bond acceptors (Lipinski definition) is 5. The Hall–Kier alpha value is -3.91. The molecule has 176 valence electrons. The van der Waals surface area contributed by atoms with E-state index >= 15 is 0 Å². The maximum Gasteiger partial charge on any atom is 0.267 e. The van der Waals surface area contributed by atoms with Gasteiger partial charge in [0.2, 0.25) is 11.7 Å². The van der Waals surface area contributed by atoms with Gasteiger partial charge in [0.15, 0.2) is 5.16 Å². The lowest BCUT2D eigenvalue weighted by Crippen LogP contribution is -2.23. The minimum atomic E-state index is -0.151. The van der Waals surface area contributed by atoms with E-state index in [0.29, 0.717) is 21.8 Å². The van der Waals surface area contributed by atoms with E-state index in [-0.39, 0.29) is 17.2 Å². The third kappa shape index (κ3) is 4.10. The molecule has 0 atom stereocenters. The summed E-state index contributed by atoms with van der Waals surface area (Å²) in [5.41, 5.74) is 6.24. The van der Waals surface area contributed by atoms with Crippen LogP contribution >= 0.6 is 11.8 Å². The van der Waals surface area contributed by atoms with E-state index in [2.05, 4.69) is 15.5 Å². The van der Waals surface area contributed by atoms with Crippen LogP contribution in [0.15, 0.2) is 70.6 Å². The summed E-state index contributed by atoms with van der Waals surface area (Å²) in [4.78, 5) is 26.3. The molecule has 0 fully saturated rings. The van der Waals surface area contributed by atoms with Crippen molar-refractivity contribution in [1.29, 1.82) is 0 Å². The van der Waals surface area contributed by atoms with Gasteiger partial charge in [-0.2, -0.15) is 0 Å². The van der Waals surface area contributed by atoms with Crippen LogP contribution in [0.25, 0.3) is 22.4 Å². The smallest absolute Gasteiger partial charge is 0.267 e. The topological polar surface area (TPSA) is 81.3 Å². The maximum absolute atomic E-state index is 13.6. The SMILES string of the molecule is Cc1ccc(NC(=O)CSc2nnc3n(-c4c(C)cccc4C)c(=O)c4ccccc4n23)c(C)c1. The summed E-state index contributed by atoms with van der Waals surface area (Å²) in [5.74, 6) is 0.444. The molecular formula is C27H25N5O2S. The van der Waals surface area contributed by atoms with Gasteiger partial charge in [0.25, 0.3) is 5.56 Å². The predicted molar refractivity (Wildman–Crippen MR) is 141 cm³/mol. The molecule has 7 nitrogen and oxygen atoms in total. The molecule has 0 saturated heterocycles. The van der Waals surface area contributed by atoms with Crippen LogP contribution in [0.5, 0.6) is 0 Å². The van der Waals surface area contributed by atoms with E-state index < -0.39 is 0 Å². The molecule has 0 aliphatic carbocycles. The number of aryl methyl sites for hydroxylation is 4. The molecule has 8 heteroatoms. The number of benzene rings is 3. The van der Waals surface area contributed by atoms with Crippen molar-refractivity contribution in [2.24, 2.45) is 0 Å². The summed E-state index contributed by atoms with van der Waals surface area (Å²) < 4.78 is 3.48. The molecule has 0 bridgehead atoms. The van der Waals surface area contributed by atoms with Gasteiger partial charge >= 0.3 is 0 Å². The number of carbonyl (C=O) groups is 1. The van der Waals surface area contributed by atoms with Crippen molar-refractivity contribution in [3.8, 4) is 5.69 Å². The van der Waals surface area contributed by atoms with Gasteiger partial charge in [-0.05, 0) is 62.6 Å². The quantitative estimate of drug-likeness (QED) is 0.356. The van der Waals surface area contributed by atoms with Crippen molar-refractivity contribution >= 4 is 40.0 Å². The zero-order valence-corrected chi connectivity index (χ0v) is 20.8. The first kappa shape index (κ1) is 22.9. The lowest BCUT2D eigenvalue weighted by Gasteiger charge is -2.15. The summed E-state index contributed by atoms with van der Waals surface area (Å²) in [6.07, 6.45) is 0. The number of aromatic nitrogens is 4. The second kappa shape index (κ2) is 9.03. The molecule has 5 rings (SSSR count). The van der Waals surface area contributed by atoms with Crippen LogP contribution in [0.3, 0.4) is 0 Å². The number of thioether (sulfide) groups is 1. The first-order valence-corrected chi connectivity index (χ1v) is 12.3. The summed E-state index contributed by atoms with van der Waals surface area (Å²) in [5, 5.41) is 12.9. The van der Waals surface area contributed by atoms with Gasteiger partial charge in [-0.15, -0.1) is 10.2 Å². The standard InChI is InChI=1S/C27H25N5O2S/c1-16-12-13-21(19(4)14-16)28-23(33)15-35-27-30-29-26-31(27)22-11-6-5-10-20(22)25(34)32(26)24-17(2)8-7-9-18(24)3/h5-14H,15H2,1-4H3,(H,28,33). The molecular weight excluding hydrogens is 458 g/mol. The molecule has 0 saturated carbocycles. The van der Waals surface area contributed by atoms with Crippen molar-refractivity contribution in [3.05, 3.63) is 93.3 Å². The van der Waals surface area contributed by atoms with Crippen LogP contribution in [-0.2, 0) is 4.79 Å². The third-order valence-corrected chi connectivity index (χ3v) is 6.98. The highest BCUT2D eigenvalue weighted by atomic mass is 32.2. The van der Waals surface area contributed by atoms with Gasteiger partial charge in [0.1, 0.15) is 0 Å². The summed E-state index contributed by atoms with van der Waals surface area (Å²) >= 11 is 1.29. The van der Waals surface area contributed by atoms with E-state index in [0.717, 1.165) is 33.6 Å². The molecule has 35 heavy (non-hydrogen) atoms. The Morgan fingerprint density at radius 2 is 1.66 bits per heavy atom. The van der Waals surface area contributed by atoms with Crippen LogP contribution in [0.2, 0.25) is 0 Å². The zero-order chi connectivity index (χ0) is 24.7. The Balaban J connectivity index is 1.57. The Kier molecular flexibility index (Phi) is 5.90. The van der Waals surface area contributed by atoms with Gasteiger partial charge in [-0.25, -0.2) is 4.57 Å². The van der Waals surface area contributed by atoms with Crippen LogP contribution in [0.4, 0.5) is 5.69 Å². The highest BCUT2D eigenvalue weighted by Gasteiger charge is 2.20. The van der Waals surface area contributed by atoms with Gasteiger partial charge in [0.05, 0.1) is 22.3 Å². The number of anilines is 1.